The monoisotopic (exact) mass is 349 g/mol. The maximum atomic E-state index is 5.73. The molecule has 0 saturated heterocycles. The van der Waals surface area contributed by atoms with Crippen molar-refractivity contribution >= 4 is 23.3 Å². The van der Waals surface area contributed by atoms with E-state index >= 15 is 0 Å². The fraction of sp³-hybridized carbons (Fsp3) is 0.267. The third-order valence-corrected chi connectivity index (χ3v) is 4.50. The van der Waals surface area contributed by atoms with Gasteiger partial charge in [0.2, 0.25) is 5.88 Å². The molecule has 0 saturated carbocycles. The largest absolute Gasteiger partial charge is 0.493 e. The molecule has 3 aromatic rings. The van der Waals surface area contributed by atoms with Gasteiger partial charge in [-0.05, 0) is 30.6 Å². The zero-order valence-electron chi connectivity index (χ0n) is 12.7. The van der Waals surface area contributed by atoms with Gasteiger partial charge in [-0.25, -0.2) is 0 Å². The van der Waals surface area contributed by atoms with Gasteiger partial charge in [-0.1, -0.05) is 23.9 Å². The summed E-state index contributed by atoms with van der Waals surface area (Å²) in [6.45, 7) is 2.52. The molecule has 0 unspecified atom stereocenters. The number of ether oxygens (including phenoxy) is 2. The summed E-state index contributed by atoms with van der Waals surface area (Å²) in [6, 6.07) is 7.61. The second kappa shape index (κ2) is 7.47. The number of hydrogen-bond acceptors (Lipinski definition) is 8. The first-order chi connectivity index (χ1) is 11.3. The summed E-state index contributed by atoms with van der Waals surface area (Å²) in [4.78, 5) is 0. The van der Waals surface area contributed by atoms with Crippen LogP contribution in [0.4, 0.5) is 0 Å². The molecule has 0 radical (unpaired) electrons. The van der Waals surface area contributed by atoms with Crippen LogP contribution in [0.2, 0.25) is 0 Å². The molecule has 0 amide bonds. The maximum absolute atomic E-state index is 5.73. The Balaban J connectivity index is 1.73. The standard InChI is InChI=1S/C15H15N3O3S2/c1-3-20-12-7-5-4-6-11(12)14-16-17-15(21-14)22-8-10-9-23-18-13(10)19-2/h4-7,9H,3,8H2,1-2H3. The SMILES string of the molecule is CCOc1ccccc1-c1nnc(SCc2csnc2OC)o1. The Labute approximate surface area is 142 Å². The summed E-state index contributed by atoms with van der Waals surface area (Å²) < 4.78 is 20.7. The second-order valence-electron chi connectivity index (χ2n) is 4.44. The molecule has 0 aliphatic carbocycles. The summed E-state index contributed by atoms with van der Waals surface area (Å²) in [5.74, 6) is 2.49. The predicted octanol–water partition coefficient (Wildman–Crippen LogP) is 3.89. The highest BCUT2D eigenvalue weighted by Crippen LogP contribution is 2.32. The summed E-state index contributed by atoms with van der Waals surface area (Å²) in [7, 11) is 1.61. The quantitative estimate of drug-likeness (QED) is 0.599. The normalized spacial score (nSPS) is 10.7. The maximum Gasteiger partial charge on any atom is 0.277 e. The first-order valence-electron chi connectivity index (χ1n) is 6.97. The molecule has 2 aromatic heterocycles. The molecule has 0 spiro atoms. The smallest absolute Gasteiger partial charge is 0.277 e. The van der Waals surface area contributed by atoms with Crippen LogP contribution in [0.1, 0.15) is 12.5 Å². The van der Waals surface area contributed by atoms with E-state index in [9.17, 15) is 0 Å². The van der Waals surface area contributed by atoms with Crippen molar-refractivity contribution < 1.29 is 13.9 Å². The Kier molecular flexibility index (Phi) is 5.14. The van der Waals surface area contributed by atoms with E-state index in [-0.39, 0.29) is 0 Å². The Morgan fingerprint density at radius 3 is 2.96 bits per heavy atom. The molecule has 0 bridgehead atoms. The van der Waals surface area contributed by atoms with Crippen molar-refractivity contribution in [3.05, 3.63) is 35.2 Å². The van der Waals surface area contributed by atoms with E-state index in [0.29, 0.717) is 29.4 Å². The summed E-state index contributed by atoms with van der Waals surface area (Å²) >= 11 is 2.81. The molecule has 23 heavy (non-hydrogen) atoms. The van der Waals surface area contributed by atoms with Crippen molar-refractivity contribution in [3.8, 4) is 23.1 Å². The summed E-state index contributed by atoms with van der Waals surface area (Å²) in [5.41, 5.74) is 1.81. The van der Waals surface area contributed by atoms with Crippen LogP contribution in [0.5, 0.6) is 11.6 Å². The van der Waals surface area contributed by atoms with Gasteiger partial charge in [0.1, 0.15) is 5.75 Å². The highest BCUT2D eigenvalue weighted by Gasteiger charge is 2.15. The zero-order chi connectivity index (χ0) is 16.1. The highest BCUT2D eigenvalue weighted by molar-refractivity contribution is 7.98. The number of methoxy groups -OCH3 is 1. The van der Waals surface area contributed by atoms with Gasteiger partial charge in [0.25, 0.3) is 11.1 Å². The molecule has 6 nitrogen and oxygen atoms in total. The van der Waals surface area contributed by atoms with Crippen LogP contribution in [0.15, 0.2) is 39.3 Å². The lowest BCUT2D eigenvalue weighted by atomic mass is 10.2. The van der Waals surface area contributed by atoms with Gasteiger partial charge in [-0.2, -0.15) is 4.37 Å². The molecular formula is C15H15N3O3S2. The van der Waals surface area contributed by atoms with Crippen molar-refractivity contribution in [2.75, 3.05) is 13.7 Å². The average molecular weight is 349 g/mol. The molecule has 0 aliphatic heterocycles. The minimum absolute atomic E-state index is 0.451. The first-order valence-corrected chi connectivity index (χ1v) is 8.79. The van der Waals surface area contributed by atoms with Gasteiger partial charge < -0.3 is 13.9 Å². The van der Waals surface area contributed by atoms with E-state index < -0.39 is 0 Å². The lowest BCUT2D eigenvalue weighted by Crippen LogP contribution is -1.93. The molecule has 0 aliphatic rings. The van der Waals surface area contributed by atoms with E-state index in [0.717, 1.165) is 16.9 Å². The third-order valence-electron chi connectivity index (χ3n) is 2.97. The molecule has 0 atom stereocenters. The minimum Gasteiger partial charge on any atom is -0.493 e. The van der Waals surface area contributed by atoms with E-state index in [1.54, 1.807) is 7.11 Å². The molecule has 0 fully saturated rings. The molecular weight excluding hydrogens is 334 g/mol. The van der Waals surface area contributed by atoms with Crippen LogP contribution < -0.4 is 9.47 Å². The van der Waals surface area contributed by atoms with Crippen LogP contribution in [0.3, 0.4) is 0 Å². The number of hydrogen-bond donors (Lipinski definition) is 0. The van der Waals surface area contributed by atoms with Gasteiger partial charge >= 0.3 is 0 Å². The van der Waals surface area contributed by atoms with Crippen LogP contribution >= 0.6 is 23.3 Å². The van der Waals surface area contributed by atoms with E-state index in [4.69, 9.17) is 13.9 Å². The number of thioether (sulfide) groups is 1. The molecule has 3 rings (SSSR count). The molecule has 0 N–H and O–H groups in total. The Morgan fingerprint density at radius 1 is 1.26 bits per heavy atom. The van der Waals surface area contributed by atoms with Crippen molar-refractivity contribution in [3.63, 3.8) is 0 Å². The first kappa shape index (κ1) is 15.8. The molecule has 120 valence electrons. The topological polar surface area (TPSA) is 70.3 Å². The Morgan fingerprint density at radius 2 is 2.13 bits per heavy atom. The van der Waals surface area contributed by atoms with E-state index in [1.807, 2.05) is 36.6 Å². The predicted molar refractivity (Wildman–Crippen MR) is 89.1 cm³/mol. The average Bonchev–Trinajstić information content (AvgIpc) is 3.22. The molecule has 2 heterocycles. The number of aromatic nitrogens is 3. The Bertz CT molecular complexity index is 773. The Hall–Kier alpha value is -2.06. The van der Waals surface area contributed by atoms with Gasteiger partial charge in [0.15, 0.2) is 0 Å². The van der Waals surface area contributed by atoms with Crippen LogP contribution in [-0.2, 0) is 5.75 Å². The van der Waals surface area contributed by atoms with Crippen molar-refractivity contribution in [1.82, 2.24) is 14.6 Å². The highest BCUT2D eigenvalue weighted by atomic mass is 32.2. The molecule has 8 heteroatoms. The number of para-hydroxylation sites is 1. The summed E-state index contributed by atoms with van der Waals surface area (Å²) in [6.07, 6.45) is 0. The van der Waals surface area contributed by atoms with E-state index in [1.165, 1.54) is 23.3 Å². The van der Waals surface area contributed by atoms with Gasteiger partial charge in [-0.3, -0.25) is 0 Å². The lowest BCUT2D eigenvalue weighted by Gasteiger charge is -2.06. The third kappa shape index (κ3) is 3.65. The summed E-state index contributed by atoms with van der Waals surface area (Å²) in [5, 5.41) is 10.6. The fourth-order valence-corrected chi connectivity index (χ4v) is 3.43. The number of benzene rings is 1. The second-order valence-corrected chi connectivity index (χ2v) is 6.00. The zero-order valence-corrected chi connectivity index (χ0v) is 14.3. The number of nitrogens with zero attached hydrogens (tertiary/aromatic N) is 3. The van der Waals surface area contributed by atoms with Gasteiger partial charge in [0.05, 0.1) is 19.3 Å². The minimum atomic E-state index is 0.451. The van der Waals surface area contributed by atoms with Crippen molar-refractivity contribution in [1.29, 1.82) is 0 Å². The number of rotatable bonds is 7. The lowest BCUT2D eigenvalue weighted by molar-refractivity contribution is 0.340. The van der Waals surface area contributed by atoms with Crippen LogP contribution in [-0.4, -0.2) is 28.3 Å². The van der Waals surface area contributed by atoms with Crippen LogP contribution in [0, 0.1) is 0 Å². The molecule has 1 aromatic carbocycles. The van der Waals surface area contributed by atoms with Gasteiger partial charge in [0, 0.05) is 16.7 Å². The van der Waals surface area contributed by atoms with Gasteiger partial charge in [-0.15, -0.1) is 10.2 Å². The fourth-order valence-electron chi connectivity index (χ4n) is 1.95. The van der Waals surface area contributed by atoms with E-state index in [2.05, 4.69) is 14.6 Å². The van der Waals surface area contributed by atoms with Crippen LogP contribution in [0.25, 0.3) is 11.5 Å². The van der Waals surface area contributed by atoms with Crippen molar-refractivity contribution in [2.24, 2.45) is 0 Å². The van der Waals surface area contributed by atoms with Crippen molar-refractivity contribution in [2.45, 2.75) is 17.9 Å².